The van der Waals surface area contributed by atoms with Crippen LogP contribution in [0.15, 0.2) is 35.2 Å². The molecule has 2 rings (SSSR count). The van der Waals surface area contributed by atoms with Gasteiger partial charge in [-0.1, -0.05) is 0 Å². The van der Waals surface area contributed by atoms with E-state index in [0.29, 0.717) is 13.1 Å². The lowest BCUT2D eigenvalue weighted by atomic mass is 10.3. The van der Waals surface area contributed by atoms with E-state index in [1.807, 2.05) is 19.3 Å². The van der Waals surface area contributed by atoms with Gasteiger partial charge in [0.05, 0.1) is 25.5 Å². The second-order valence-electron chi connectivity index (χ2n) is 3.98. The van der Waals surface area contributed by atoms with Gasteiger partial charge in [-0.05, 0) is 12.1 Å². The van der Waals surface area contributed by atoms with Crippen molar-refractivity contribution in [2.75, 3.05) is 6.54 Å². The van der Waals surface area contributed by atoms with Gasteiger partial charge in [0.2, 0.25) is 5.91 Å². The Morgan fingerprint density at radius 3 is 3.06 bits per heavy atom. The largest absolute Gasteiger partial charge is 0.467 e. The molecule has 0 radical (unpaired) electrons. The van der Waals surface area contributed by atoms with Crippen LogP contribution in [-0.4, -0.2) is 22.2 Å². The zero-order chi connectivity index (χ0) is 12.8. The van der Waals surface area contributed by atoms with Gasteiger partial charge in [-0.2, -0.15) is 5.10 Å². The first-order chi connectivity index (χ1) is 8.74. The second-order valence-corrected chi connectivity index (χ2v) is 3.98. The lowest BCUT2D eigenvalue weighted by Gasteiger charge is -2.04. The first kappa shape index (κ1) is 12.4. The number of amides is 1. The van der Waals surface area contributed by atoms with Gasteiger partial charge < -0.3 is 15.1 Å². The summed E-state index contributed by atoms with van der Waals surface area (Å²) in [6, 6.07) is 3.62. The third kappa shape index (κ3) is 3.74. The van der Waals surface area contributed by atoms with Crippen LogP contribution in [-0.2, 0) is 24.9 Å². The first-order valence-electron chi connectivity index (χ1n) is 5.71. The van der Waals surface area contributed by atoms with E-state index in [-0.39, 0.29) is 12.5 Å². The van der Waals surface area contributed by atoms with Crippen LogP contribution in [0.25, 0.3) is 0 Å². The Bertz CT molecular complexity index is 490. The highest BCUT2D eigenvalue weighted by Crippen LogP contribution is 1.98. The molecule has 0 aliphatic heterocycles. The summed E-state index contributed by atoms with van der Waals surface area (Å²) in [6.07, 6.45) is 5.27. The van der Waals surface area contributed by atoms with Crippen LogP contribution in [0, 0.1) is 0 Å². The Labute approximate surface area is 105 Å². The molecule has 0 aromatic carbocycles. The van der Waals surface area contributed by atoms with E-state index < -0.39 is 0 Å². The number of nitrogens with one attached hydrogen (secondary N) is 2. The minimum atomic E-state index is -0.0599. The third-order valence-electron chi connectivity index (χ3n) is 2.41. The van der Waals surface area contributed by atoms with Crippen molar-refractivity contribution >= 4 is 5.91 Å². The quantitative estimate of drug-likeness (QED) is 0.777. The maximum atomic E-state index is 11.5. The summed E-state index contributed by atoms with van der Waals surface area (Å²) in [5.74, 6) is 0.686. The number of hydrogen-bond acceptors (Lipinski definition) is 4. The molecular formula is C12H16N4O2. The molecule has 0 aliphatic rings. The van der Waals surface area contributed by atoms with Crippen molar-refractivity contribution in [1.29, 1.82) is 0 Å². The number of rotatable bonds is 6. The van der Waals surface area contributed by atoms with Crippen molar-refractivity contribution in [1.82, 2.24) is 20.4 Å². The molecule has 6 heteroatoms. The van der Waals surface area contributed by atoms with Crippen LogP contribution in [0.1, 0.15) is 11.3 Å². The van der Waals surface area contributed by atoms with Gasteiger partial charge in [-0.25, -0.2) is 0 Å². The molecule has 0 fully saturated rings. The van der Waals surface area contributed by atoms with E-state index in [1.54, 1.807) is 23.2 Å². The van der Waals surface area contributed by atoms with Crippen LogP contribution in [0.5, 0.6) is 0 Å². The highest BCUT2D eigenvalue weighted by molar-refractivity contribution is 5.77. The molecule has 96 valence electrons. The molecule has 2 heterocycles. The molecule has 0 unspecified atom stereocenters. The minimum Gasteiger partial charge on any atom is -0.467 e. The second kappa shape index (κ2) is 6.02. The van der Waals surface area contributed by atoms with Crippen LogP contribution in [0.2, 0.25) is 0 Å². The zero-order valence-corrected chi connectivity index (χ0v) is 10.2. The van der Waals surface area contributed by atoms with E-state index in [9.17, 15) is 4.79 Å². The van der Waals surface area contributed by atoms with Crippen molar-refractivity contribution in [3.8, 4) is 0 Å². The number of carbonyl (C=O) groups is 1. The van der Waals surface area contributed by atoms with Crippen molar-refractivity contribution in [2.45, 2.75) is 13.1 Å². The van der Waals surface area contributed by atoms with Gasteiger partial charge in [-0.3, -0.25) is 9.48 Å². The predicted molar refractivity (Wildman–Crippen MR) is 65.5 cm³/mol. The maximum absolute atomic E-state index is 11.5. The molecule has 0 saturated carbocycles. The maximum Gasteiger partial charge on any atom is 0.234 e. The Hall–Kier alpha value is -2.08. The molecule has 0 aliphatic carbocycles. The summed E-state index contributed by atoms with van der Waals surface area (Å²) < 4.78 is 6.84. The number of hydrogen-bond donors (Lipinski definition) is 2. The average molecular weight is 248 g/mol. The zero-order valence-electron chi connectivity index (χ0n) is 10.2. The monoisotopic (exact) mass is 248 g/mol. The van der Waals surface area contributed by atoms with Crippen molar-refractivity contribution in [2.24, 2.45) is 7.05 Å². The molecule has 1 amide bonds. The highest BCUT2D eigenvalue weighted by atomic mass is 16.3. The SMILES string of the molecule is Cn1cc(CNCC(=O)NCc2ccco2)cn1. The molecule has 2 aromatic rings. The number of carbonyl (C=O) groups excluding carboxylic acids is 1. The summed E-state index contributed by atoms with van der Waals surface area (Å²) in [4.78, 5) is 11.5. The van der Waals surface area contributed by atoms with Gasteiger partial charge in [0.25, 0.3) is 0 Å². The standard InChI is InChI=1S/C12H16N4O2/c1-16-9-10(6-15-16)5-13-8-12(17)14-7-11-3-2-4-18-11/h2-4,6,9,13H,5,7-8H2,1H3,(H,14,17). The van der Waals surface area contributed by atoms with Gasteiger partial charge in [-0.15, -0.1) is 0 Å². The molecule has 18 heavy (non-hydrogen) atoms. The Kier molecular flexibility index (Phi) is 4.14. The fourth-order valence-corrected chi connectivity index (χ4v) is 1.54. The van der Waals surface area contributed by atoms with E-state index in [2.05, 4.69) is 15.7 Å². The Balaban J connectivity index is 1.63. The third-order valence-corrected chi connectivity index (χ3v) is 2.41. The summed E-state index contributed by atoms with van der Waals surface area (Å²) in [6.45, 7) is 1.32. The van der Waals surface area contributed by atoms with Gasteiger partial charge in [0.15, 0.2) is 0 Å². The van der Waals surface area contributed by atoms with Crippen molar-refractivity contribution < 1.29 is 9.21 Å². The van der Waals surface area contributed by atoms with E-state index in [1.165, 1.54) is 0 Å². The van der Waals surface area contributed by atoms with Crippen LogP contribution in [0.4, 0.5) is 0 Å². The smallest absolute Gasteiger partial charge is 0.234 e. The molecule has 0 spiro atoms. The minimum absolute atomic E-state index is 0.0599. The Morgan fingerprint density at radius 2 is 2.39 bits per heavy atom. The van der Waals surface area contributed by atoms with Crippen molar-refractivity contribution in [3.05, 3.63) is 42.1 Å². The van der Waals surface area contributed by atoms with Crippen LogP contribution < -0.4 is 10.6 Å². The topological polar surface area (TPSA) is 72.1 Å². The molecule has 2 aromatic heterocycles. The van der Waals surface area contributed by atoms with Gasteiger partial charge in [0, 0.05) is 25.4 Å². The molecular weight excluding hydrogens is 232 g/mol. The lowest BCUT2D eigenvalue weighted by molar-refractivity contribution is -0.120. The molecule has 0 saturated heterocycles. The summed E-state index contributed by atoms with van der Waals surface area (Å²) in [7, 11) is 1.86. The molecule has 0 atom stereocenters. The summed E-state index contributed by atoms with van der Waals surface area (Å²) >= 11 is 0. The number of nitrogens with zero attached hydrogens (tertiary/aromatic N) is 2. The normalized spacial score (nSPS) is 10.5. The van der Waals surface area contributed by atoms with Crippen LogP contribution >= 0.6 is 0 Å². The van der Waals surface area contributed by atoms with E-state index in [4.69, 9.17) is 4.42 Å². The number of furan rings is 1. The highest BCUT2D eigenvalue weighted by Gasteiger charge is 2.02. The van der Waals surface area contributed by atoms with Gasteiger partial charge in [0.1, 0.15) is 5.76 Å². The fourth-order valence-electron chi connectivity index (χ4n) is 1.54. The number of aromatic nitrogens is 2. The molecule has 0 bridgehead atoms. The molecule has 6 nitrogen and oxygen atoms in total. The van der Waals surface area contributed by atoms with Crippen molar-refractivity contribution in [3.63, 3.8) is 0 Å². The summed E-state index contributed by atoms with van der Waals surface area (Å²) in [5.41, 5.74) is 1.05. The predicted octanol–water partition coefficient (Wildman–Crippen LogP) is 0.419. The number of aryl methyl sites for hydroxylation is 1. The van der Waals surface area contributed by atoms with E-state index >= 15 is 0 Å². The average Bonchev–Trinajstić information content (AvgIpc) is 2.98. The fraction of sp³-hybridized carbons (Fsp3) is 0.333. The lowest BCUT2D eigenvalue weighted by Crippen LogP contribution is -2.33. The van der Waals surface area contributed by atoms with E-state index in [0.717, 1.165) is 11.3 Å². The first-order valence-corrected chi connectivity index (χ1v) is 5.71. The van der Waals surface area contributed by atoms with Crippen LogP contribution in [0.3, 0.4) is 0 Å². The Morgan fingerprint density at radius 1 is 1.50 bits per heavy atom. The molecule has 2 N–H and O–H groups in total. The summed E-state index contributed by atoms with van der Waals surface area (Å²) in [5, 5.41) is 9.86. The van der Waals surface area contributed by atoms with Gasteiger partial charge >= 0.3 is 0 Å².